The minimum absolute atomic E-state index is 0.0217. The number of nitrogens with zero attached hydrogens (tertiary/aromatic N) is 2. The smallest absolute Gasteiger partial charge is 0.290 e. The van der Waals surface area contributed by atoms with Crippen LogP contribution in [0.15, 0.2) is 88.3 Å². The summed E-state index contributed by atoms with van der Waals surface area (Å²) in [4.78, 5) is 24.7. The van der Waals surface area contributed by atoms with Gasteiger partial charge in [0.1, 0.15) is 29.4 Å². The molecule has 0 aliphatic heterocycles. The molecule has 2 heterocycles. The van der Waals surface area contributed by atoms with Crippen molar-refractivity contribution >= 4 is 17.3 Å². The van der Waals surface area contributed by atoms with Crippen LogP contribution in [0.4, 0.5) is 11.4 Å². The van der Waals surface area contributed by atoms with Crippen LogP contribution >= 0.6 is 0 Å². The number of rotatable bonds is 6. The second kappa shape index (κ2) is 8.36. The summed E-state index contributed by atoms with van der Waals surface area (Å²) in [7, 11) is 0. The Bertz CT molecular complexity index is 1200. The number of nitrogens with two attached hydrogens (primary N) is 1. The van der Waals surface area contributed by atoms with Crippen molar-refractivity contribution in [2.24, 2.45) is 0 Å². The van der Waals surface area contributed by atoms with E-state index in [-0.39, 0.29) is 12.2 Å². The van der Waals surface area contributed by atoms with Crippen LogP contribution in [0.1, 0.15) is 0 Å². The van der Waals surface area contributed by atoms with Crippen LogP contribution in [0.2, 0.25) is 0 Å². The Balaban J connectivity index is 1.44. The van der Waals surface area contributed by atoms with Crippen molar-refractivity contribution in [3.05, 3.63) is 89.4 Å². The zero-order chi connectivity index (χ0) is 20.9. The molecule has 0 aliphatic rings. The van der Waals surface area contributed by atoms with Gasteiger partial charge in [0, 0.05) is 5.69 Å². The quantitative estimate of drug-likeness (QED) is 0.510. The van der Waals surface area contributed by atoms with E-state index >= 15 is 0 Å². The molecular weight excluding hydrogens is 384 g/mol. The molecular formula is C22H18N4O4. The number of nitrogen functional groups attached to an aromatic ring is 1. The molecule has 4 rings (SSSR count). The molecule has 0 atom stereocenters. The van der Waals surface area contributed by atoms with Crippen molar-refractivity contribution in [1.29, 1.82) is 0 Å². The zero-order valence-corrected chi connectivity index (χ0v) is 15.8. The molecule has 0 aliphatic carbocycles. The van der Waals surface area contributed by atoms with E-state index in [0.717, 1.165) is 4.68 Å². The molecule has 1 amide bonds. The number of aromatic nitrogens is 2. The van der Waals surface area contributed by atoms with Gasteiger partial charge in [-0.2, -0.15) is 5.10 Å². The first-order chi connectivity index (χ1) is 14.6. The lowest BCUT2D eigenvalue weighted by atomic mass is 10.3. The Morgan fingerprint density at radius 3 is 2.47 bits per heavy atom. The number of nitrogens with one attached hydrogen (secondary N) is 1. The number of amides is 1. The third-order valence-corrected chi connectivity index (χ3v) is 4.19. The van der Waals surface area contributed by atoms with E-state index in [4.69, 9.17) is 14.9 Å². The Hall–Kier alpha value is -4.33. The fraction of sp³-hybridized carbons (Fsp3) is 0.0455. The summed E-state index contributed by atoms with van der Waals surface area (Å²) < 4.78 is 12.0. The van der Waals surface area contributed by atoms with E-state index in [9.17, 15) is 9.59 Å². The number of ether oxygens (including phenoxy) is 1. The predicted molar refractivity (Wildman–Crippen MR) is 112 cm³/mol. The van der Waals surface area contributed by atoms with Crippen molar-refractivity contribution in [1.82, 2.24) is 9.78 Å². The monoisotopic (exact) mass is 402 g/mol. The standard InChI is InChI=1S/C22H18N4O4/c23-18-13-19(20-7-4-12-29-20)25-26(22(18)28)14-21(27)24-15-8-10-17(11-9-15)30-16-5-2-1-3-6-16/h1-13H,14,23H2,(H,24,27). The Kier molecular flexibility index (Phi) is 5.29. The molecule has 0 fully saturated rings. The summed E-state index contributed by atoms with van der Waals surface area (Å²) in [5.74, 6) is 1.38. The van der Waals surface area contributed by atoms with Crippen molar-refractivity contribution < 1.29 is 13.9 Å². The molecule has 8 nitrogen and oxygen atoms in total. The van der Waals surface area contributed by atoms with E-state index < -0.39 is 11.5 Å². The summed E-state index contributed by atoms with van der Waals surface area (Å²) in [6.45, 7) is -0.292. The van der Waals surface area contributed by atoms with Gasteiger partial charge in [-0.25, -0.2) is 4.68 Å². The second-order valence-electron chi connectivity index (χ2n) is 6.41. The number of benzene rings is 2. The minimum Gasteiger partial charge on any atom is -0.463 e. The molecule has 0 spiro atoms. The lowest BCUT2D eigenvalue weighted by Crippen LogP contribution is -2.31. The van der Waals surface area contributed by atoms with Gasteiger partial charge >= 0.3 is 0 Å². The molecule has 0 saturated carbocycles. The third kappa shape index (κ3) is 4.39. The van der Waals surface area contributed by atoms with Gasteiger partial charge in [-0.3, -0.25) is 9.59 Å². The fourth-order valence-electron chi connectivity index (χ4n) is 2.78. The average Bonchev–Trinajstić information content (AvgIpc) is 3.28. The molecule has 0 bridgehead atoms. The number of furan rings is 1. The van der Waals surface area contributed by atoms with Gasteiger partial charge in [0.25, 0.3) is 5.56 Å². The third-order valence-electron chi connectivity index (χ3n) is 4.19. The van der Waals surface area contributed by atoms with Gasteiger partial charge in [-0.05, 0) is 54.6 Å². The number of carbonyl (C=O) groups excluding carboxylic acids is 1. The molecule has 0 radical (unpaired) electrons. The Morgan fingerprint density at radius 2 is 1.77 bits per heavy atom. The van der Waals surface area contributed by atoms with Crippen LogP contribution < -0.4 is 21.3 Å². The van der Waals surface area contributed by atoms with Crippen molar-refractivity contribution in [3.8, 4) is 23.0 Å². The largest absolute Gasteiger partial charge is 0.463 e. The maximum absolute atomic E-state index is 12.4. The first kappa shape index (κ1) is 19.0. The van der Waals surface area contributed by atoms with Gasteiger partial charge in [0.2, 0.25) is 5.91 Å². The SMILES string of the molecule is Nc1cc(-c2ccco2)nn(CC(=O)Nc2ccc(Oc3ccccc3)cc2)c1=O. The number of hydrogen-bond donors (Lipinski definition) is 2. The fourth-order valence-corrected chi connectivity index (χ4v) is 2.78. The molecule has 30 heavy (non-hydrogen) atoms. The van der Waals surface area contributed by atoms with E-state index in [1.54, 1.807) is 36.4 Å². The van der Waals surface area contributed by atoms with E-state index in [1.807, 2.05) is 30.3 Å². The molecule has 8 heteroatoms. The van der Waals surface area contributed by atoms with E-state index in [2.05, 4.69) is 10.4 Å². The first-order valence-corrected chi connectivity index (χ1v) is 9.13. The summed E-state index contributed by atoms with van der Waals surface area (Å²) in [5.41, 5.74) is 6.13. The minimum atomic E-state index is -0.549. The molecule has 2 aromatic heterocycles. The predicted octanol–water partition coefficient (Wildman–Crippen LogP) is 3.52. The van der Waals surface area contributed by atoms with Crippen LogP contribution in [0.3, 0.4) is 0 Å². The van der Waals surface area contributed by atoms with Crippen LogP contribution in [0.5, 0.6) is 11.5 Å². The number of para-hydroxylation sites is 1. The summed E-state index contributed by atoms with van der Waals surface area (Å²) in [5, 5.41) is 6.89. The van der Waals surface area contributed by atoms with E-state index in [0.29, 0.717) is 28.6 Å². The van der Waals surface area contributed by atoms with Gasteiger partial charge in [-0.1, -0.05) is 18.2 Å². The molecule has 4 aromatic rings. The molecule has 0 unspecified atom stereocenters. The highest BCUT2D eigenvalue weighted by Gasteiger charge is 2.13. The summed E-state index contributed by atoms with van der Waals surface area (Å²) in [6.07, 6.45) is 1.49. The topological polar surface area (TPSA) is 112 Å². The maximum atomic E-state index is 12.4. The highest BCUT2D eigenvalue weighted by Crippen LogP contribution is 2.22. The Morgan fingerprint density at radius 1 is 1.03 bits per heavy atom. The Labute approximate surface area is 171 Å². The first-order valence-electron chi connectivity index (χ1n) is 9.13. The van der Waals surface area contributed by atoms with Crippen LogP contribution in [0.25, 0.3) is 11.5 Å². The van der Waals surface area contributed by atoms with Gasteiger partial charge in [0.05, 0.1) is 6.26 Å². The maximum Gasteiger partial charge on any atom is 0.290 e. The van der Waals surface area contributed by atoms with Gasteiger partial charge < -0.3 is 20.2 Å². The van der Waals surface area contributed by atoms with Crippen molar-refractivity contribution in [2.75, 3.05) is 11.1 Å². The van der Waals surface area contributed by atoms with Gasteiger partial charge in [0.15, 0.2) is 5.76 Å². The number of carbonyl (C=O) groups is 1. The summed E-state index contributed by atoms with van der Waals surface area (Å²) in [6, 6.07) is 21.1. The molecule has 150 valence electrons. The summed E-state index contributed by atoms with van der Waals surface area (Å²) >= 11 is 0. The highest BCUT2D eigenvalue weighted by molar-refractivity contribution is 5.90. The normalized spacial score (nSPS) is 10.5. The number of hydrogen-bond acceptors (Lipinski definition) is 6. The zero-order valence-electron chi connectivity index (χ0n) is 15.8. The van der Waals surface area contributed by atoms with Crippen molar-refractivity contribution in [3.63, 3.8) is 0 Å². The molecule has 0 saturated heterocycles. The second-order valence-corrected chi connectivity index (χ2v) is 6.41. The lowest BCUT2D eigenvalue weighted by Gasteiger charge is -2.10. The van der Waals surface area contributed by atoms with Crippen LogP contribution in [-0.2, 0) is 11.3 Å². The van der Waals surface area contributed by atoms with E-state index in [1.165, 1.54) is 12.3 Å². The lowest BCUT2D eigenvalue weighted by molar-refractivity contribution is -0.117. The highest BCUT2D eigenvalue weighted by atomic mass is 16.5. The van der Waals surface area contributed by atoms with Crippen LogP contribution in [-0.4, -0.2) is 15.7 Å². The molecule has 2 aromatic carbocycles. The van der Waals surface area contributed by atoms with Crippen LogP contribution in [0, 0.1) is 0 Å². The molecule has 3 N–H and O–H groups in total. The van der Waals surface area contributed by atoms with Crippen molar-refractivity contribution in [2.45, 2.75) is 6.54 Å². The van der Waals surface area contributed by atoms with Gasteiger partial charge in [-0.15, -0.1) is 0 Å². The average molecular weight is 402 g/mol. The number of anilines is 2.